The van der Waals surface area contributed by atoms with Crippen LogP contribution in [0, 0.1) is 11.3 Å². The summed E-state index contributed by atoms with van der Waals surface area (Å²) in [6.45, 7) is 13.1. The molecule has 0 fully saturated rings. The molecule has 0 rings (SSSR count). The molecule has 13 heavy (non-hydrogen) atoms. The standard InChI is InChI=1S/C6H13NO.C5H12/c1-5(2)6(8)4-7-3;1-5(2,3)4/h5,7H,4H2,1-3H3;1-4H3. The molecule has 0 aromatic carbocycles. The maximum atomic E-state index is 10.7. The van der Waals surface area contributed by atoms with E-state index in [0.29, 0.717) is 12.0 Å². The minimum absolute atomic E-state index is 0.169. The van der Waals surface area contributed by atoms with Crippen LogP contribution in [0.1, 0.15) is 41.5 Å². The number of Topliss-reactive ketones (excluding diaryl/α,β-unsaturated/α-hetero) is 1. The molecule has 0 heterocycles. The van der Waals surface area contributed by atoms with Crippen molar-refractivity contribution in [2.24, 2.45) is 11.3 Å². The Bertz CT molecular complexity index is 128. The average molecular weight is 187 g/mol. The fourth-order valence-corrected chi connectivity index (χ4v) is 0.378. The molecule has 0 aliphatic heterocycles. The second-order valence-electron chi connectivity index (χ2n) is 5.15. The number of ketones is 1. The minimum atomic E-state index is 0.169. The van der Waals surface area contributed by atoms with E-state index in [9.17, 15) is 4.79 Å². The van der Waals surface area contributed by atoms with Gasteiger partial charge in [-0.2, -0.15) is 0 Å². The van der Waals surface area contributed by atoms with Crippen LogP contribution in [0.3, 0.4) is 0 Å². The molecular formula is C11H25NO. The summed E-state index contributed by atoms with van der Waals surface area (Å²) in [6, 6.07) is 0. The average Bonchev–Trinajstić information content (AvgIpc) is 1.84. The van der Waals surface area contributed by atoms with Crippen LogP contribution in [0.4, 0.5) is 0 Å². The fraction of sp³-hybridized carbons (Fsp3) is 0.909. The summed E-state index contributed by atoms with van der Waals surface area (Å²) in [4.78, 5) is 10.7. The summed E-state index contributed by atoms with van der Waals surface area (Å²) in [5, 5.41) is 2.80. The molecule has 0 saturated carbocycles. The van der Waals surface area contributed by atoms with Gasteiger partial charge in [-0.05, 0) is 12.5 Å². The zero-order chi connectivity index (χ0) is 11.1. The lowest BCUT2D eigenvalue weighted by atomic mass is 10.0. The highest BCUT2D eigenvalue weighted by Gasteiger charge is 2.03. The first-order chi connectivity index (χ1) is 5.68. The Labute approximate surface area is 83.1 Å². The lowest BCUT2D eigenvalue weighted by Gasteiger charge is -2.05. The molecule has 0 amide bonds. The summed E-state index contributed by atoms with van der Waals surface area (Å²) in [6.07, 6.45) is 0. The van der Waals surface area contributed by atoms with E-state index >= 15 is 0 Å². The topological polar surface area (TPSA) is 29.1 Å². The molecule has 0 spiro atoms. The highest BCUT2D eigenvalue weighted by molar-refractivity contribution is 5.82. The van der Waals surface area contributed by atoms with Crippen LogP contribution in [-0.4, -0.2) is 19.4 Å². The van der Waals surface area contributed by atoms with E-state index in [0.717, 1.165) is 0 Å². The maximum Gasteiger partial charge on any atom is 0.149 e. The molecule has 0 aliphatic rings. The molecule has 2 heteroatoms. The molecule has 0 saturated heterocycles. The number of hydrogen-bond donors (Lipinski definition) is 1. The highest BCUT2D eigenvalue weighted by atomic mass is 16.1. The van der Waals surface area contributed by atoms with Crippen molar-refractivity contribution in [2.45, 2.75) is 41.5 Å². The smallest absolute Gasteiger partial charge is 0.149 e. The van der Waals surface area contributed by atoms with Crippen LogP contribution in [0.15, 0.2) is 0 Å². The summed E-state index contributed by atoms with van der Waals surface area (Å²) < 4.78 is 0. The fourth-order valence-electron chi connectivity index (χ4n) is 0.378. The Morgan fingerprint density at radius 2 is 1.54 bits per heavy atom. The van der Waals surface area contributed by atoms with Crippen molar-refractivity contribution in [1.82, 2.24) is 5.32 Å². The molecule has 2 nitrogen and oxygen atoms in total. The van der Waals surface area contributed by atoms with E-state index in [2.05, 4.69) is 33.0 Å². The quantitative estimate of drug-likeness (QED) is 0.735. The van der Waals surface area contributed by atoms with Gasteiger partial charge in [0.1, 0.15) is 5.78 Å². The van der Waals surface area contributed by atoms with Gasteiger partial charge in [-0.25, -0.2) is 0 Å². The molecule has 1 N–H and O–H groups in total. The summed E-state index contributed by atoms with van der Waals surface area (Å²) in [7, 11) is 1.78. The van der Waals surface area contributed by atoms with Crippen LogP contribution in [0.5, 0.6) is 0 Å². The first-order valence-electron chi connectivity index (χ1n) is 4.85. The first kappa shape index (κ1) is 15.1. The van der Waals surface area contributed by atoms with Crippen molar-refractivity contribution in [1.29, 1.82) is 0 Å². The maximum absolute atomic E-state index is 10.7. The highest BCUT2D eigenvalue weighted by Crippen LogP contribution is 2.08. The van der Waals surface area contributed by atoms with E-state index in [1.807, 2.05) is 13.8 Å². The molecule has 0 unspecified atom stereocenters. The predicted octanol–water partition coefficient (Wildman–Crippen LogP) is 2.48. The van der Waals surface area contributed by atoms with Gasteiger partial charge in [-0.3, -0.25) is 4.79 Å². The third-order valence-corrected chi connectivity index (χ3v) is 0.995. The minimum Gasteiger partial charge on any atom is -0.313 e. The number of carbonyl (C=O) groups is 1. The Kier molecular flexibility index (Phi) is 8.23. The normalized spacial score (nSPS) is 10.8. The van der Waals surface area contributed by atoms with Crippen LogP contribution in [0.25, 0.3) is 0 Å². The van der Waals surface area contributed by atoms with E-state index in [1.165, 1.54) is 0 Å². The van der Waals surface area contributed by atoms with Gasteiger partial charge in [0, 0.05) is 5.92 Å². The van der Waals surface area contributed by atoms with E-state index < -0.39 is 0 Å². The van der Waals surface area contributed by atoms with Crippen LogP contribution in [0.2, 0.25) is 0 Å². The van der Waals surface area contributed by atoms with Crippen molar-refractivity contribution < 1.29 is 4.79 Å². The molecule has 0 atom stereocenters. The van der Waals surface area contributed by atoms with Gasteiger partial charge in [-0.1, -0.05) is 41.5 Å². The summed E-state index contributed by atoms with van der Waals surface area (Å²) in [5.74, 6) is 0.440. The Morgan fingerprint density at radius 1 is 1.23 bits per heavy atom. The first-order valence-corrected chi connectivity index (χ1v) is 4.85. The Hall–Kier alpha value is -0.370. The SMILES string of the molecule is CC(C)(C)C.CNCC(=O)C(C)C. The van der Waals surface area contributed by atoms with Crippen molar-refractivity contribution in [3.8, 4) is 0 Å². The molecule has 0 aromatic rings. The van der Waals surface area contributed by atoms with Gasteiger partial charge in [0.15, 0.2) is 0 Å². The van der Waals surface area contributed by atoms with E-state index in [4.69, 9.17) is 0 Å². The monoisotopic (exact) mass is 187 g/mol. The largest absolute Gasteiger partial charge is 0.313 e. The zero-order valence-corrected chi connectivity index (χ0v) is 10.2. The molecule has 0 aromatic heterocycles. The Balaban J connectivity index is 0. The van der Waals surface area contributed by atoms with E-state index in [-0.39, 0.29) is 11.7 Å². The van der Waals surface area contributed by atoms with Gasteiger partial charge >= 0.3 is 0 Å². The third-order valence-electron chi connectivity index (χ3n) is 0.995. The summed E-state index contributed by atoms with van der Waals surface area (Å²) in [5.41, 5.74) is 0.500. The lowest BCUT2D eigenvalue weighted by Crippen LogP contribution is -2.22. The van der Waals surface area contributed by atoms with Gasteiger partial charge in [0.05, 0.1) is 6.54 Å². The number of nitrogens with one attached hydrogen (secondary N) is 1. The zero-order valence-electron chi connectivity index (χ0n) is 10.2. The molecular weight excluding hydrogens is 162 g/mol. The number of likely N-dealkylation sites (N-methyl/N-ethyl adjacent to an activating group) is 1. The second-order valence-corrected chi connectivity index (χ2v) is 5.15. The van der Waals surface area contributed by atoms with Crippen LogP contribution < -0.4 is 5.32 Å². The molecule has 80 valence electrons. The molecule has 0 radical (unpaired) electrons. The number of carbonyl (C=O) groups excluding carboxylic acids is 1. The van der Waals surface area contributed by atoms with Crippen LogP contribution in [-0.2, 0) is 4.79 Å². The van der Waals surface area contributed by atoms with E-state index in [1.54, 1.807) is 7.05 Å². The molecule has 0 aliphatic carbocycles. The predicted molar refractivity (Wildman–Crippen MR) is 58.9 cm³/mol. The lowest BCUT2D eigenvalue weighted by molar-refractivity contribution is -0.120. The second kappa shape index (κ2) is 7.07. The van der Waals surface area contributed by atoms with Gasteiger partial charge in [0.25, 0.3) is 0 Å². The Morgan fingerprint density at radius 3 is 1.62 bits per heavy atom. The van der Waals surface area contributed by atoms with Crippen molar-refractivity contribution in [2.75, 3.05) is 13.6 Å². The van der Waals surface area contributed by atoms with Gasteiger partial charge < -0.3 is 5.32 Å². The van der Waals surface area contributed by atoms with Crippen molar-refractivity contribution in [3.05, 3.63) is 0 Å². The van der Waals surface area contributed by atoms with Crippen molar-refractivity contribution in [3.63, 3.8) is 0 Å². The van der Waals surface area contributed by atoms with Gasteiger partial charge in [-0.15, -0.1) is 0 Å². The van der Waals surface area contributed by atoms with Crippen molar-refractivity contribution >= 4 is 5.78 Å². The molecule has 0 bridgehead atoms. The number of rotatable bonds is 3. The van der Waals surface area contributed by atoms with Crippen LogP contribution >= 0.6 is 0 Å². The summed E-state index contributed by atoms with van der Waals surface area (Å²) >= 11 is 0. The van der Waals surface area contributed by atoms with Gasteiger partial charge in [0.2, 0.25) is 0 Å². The number of hydrogen-bond acceptors (Lipinski definition) is 2. The third kappa shape index (κ3) is 24.5.